The van der Waals surface area contributed by atoms with Crippen LogP contribution < -0.4 is 0 Å². The van der Waals surface area contributed by atoms with E-state index in [1.54, 1.807) is 35.7 Å². The fourth-order valence-corrected chi connectivity index (χ4v) is 9.80. The van der Waals surface area contributed by atoms with E-state index in [0.29, 0.717) is 38.2 Å². The van der Waals surface area contributed by atoms with Crippen molar-refractivity contribution in [1.29, 1.82) is 5.26 Å². The SMILES string of the molecule is COC(=O)C12CCC(c3cccc(-c4c(-c5ccsc5C#N)c5cc(F)ccc5n4S(=O)(=O)c4ccc(C)cc4)c3)(CC1)CC2. The van der Waals surface area contributed by atoms with E-state index < -0.39 is 21.3 Å². The monoisotopic (exact) mass is 638 g/mol. The molecule has 8 rings (SSSR count). The number of methoxy groups -OCH3 is 1. The molecule has 0 radical (unpaired) electrons. The number of halogens is 1. The maximum atomic E-state index is 14.9. The lowest BCUT2D eigenvalue weighted by atomic mass is 9.52. The summed E-state index contributed by atoms with van der Waals surface area (Å²) in [6, 6.07) is 22.8. The van der Waals surface area contributed by atoms with Crippen molar-refractivity contribution >= 4 is 38.2 Å². The summed E-state index contributed by atoms with van der Waals surface area (Å²) >= 11 is 1.26. The van der Waals surface area contributed by atoms with Crippen LogP contribution in [-0.2, 0) is 25.0 Å². The summed E-state index contributed by atoms with van der Waals surface area (Å²) in [5.74, 6) is -0.628. The van der Waals surface area contributed by atoms with Crippen molar-refractivity contribution < 1.29 is 22.3 Å². The van der Waals surface area contributed by atoms with Crippen LogP contribution in [0.2, 0.25) is 0 Å². The minimum absolute atomic E-state index is 0.112. The number of carbonyl (C=O) groups excluding carboxylic acids is 1. The number of carbonyl (C=O) groups is 1. The van der Waals surface area contributed by atoms with Crippen LogP contribution in [-0.4, -0.2) is 25.5 Å². The molecule has 3 aliphatic carbocycles. The maximum absolute atomic E-state index is 14.9. The van der Waals surface area contributed by atoms with Gasteiger partial charge in [0.2, 0.25) is 0 Å². The van der Waals surface area contributed by atoms with Gasteiger partial charge in [-0.05, 0) is 104 Å². The molecule has 0 N–H and O–H groups in total. The van der Waals surface area contributed by atoms with Crippen molar-refractivity contribution in [2.24, 2.45) is 5.41 Å². The number of aromatic nitrogens is 1. The lowest BCUT2D eigenvalue weighted by molar-refractivity contribution is -0.160. The van der Waals surface area contributed by atoms with E-state index in [1.165, 1.54) is 40.6 Å². The third-order valence-corrected chi connectivity index (χ3v) is 12.6. The van der Waals surface area contributed by atoms with Gasteiger partial charge in [-0.3, -0.25) is 4.79 Å². The highest BCUT2D eigenvalue weighted by Crippen LogP contribution is 2.58. The lowest BCUT2D eigenvalue weighted by Crippen LogP contribution is -2.48. The Hall–Kier alpha value is -4.26. The first-order chi connectivity index (χ1) is 21.6. The first-order valence-electron chi connectivity index (χ1n) is 15.0. The highest BCUT2D eigenvalue weighted by atomic mass is 32.2. The molecule has 6 nitrogen and oxygen atoms in total. The van der Waals surface area contributed by atoms with Gasteiger partial charge in [-0.25, -0.2) is 16.8 Å². The molecule has 9 heteroatoms. The molecule has 0 atom stereocenters. The molecule has 0 aliphatic heterocycles. The molecule has 3 saturated carbocycles. The number of thiophene rings is 1. The number of aryl methyl sites for hydroxylation is 1. The summed E-state index contributed by atoms with van der Waals surface area (Å²) < 4.78 is 50.6. The van der Waals surface area contributed by atoms with Gasteiger partial charge in [0.05, 0.1) is 28.6 Å². The summed E-state index contributed by atoms with van der Waals surface area (Å²) in [5, 5.41) is 12.2. The zero-order chi connectivity index (χ0) is 31.6. The third-order valence-electron chi connectivity index (χ3n) is 10.1. The molecule has 0 unspecified atom stereocenters. The molecular formula is C36H31FN2O4S2. The minimum Gasteiger partial charge on any atom is -0.469 e. The summed E-state index contributed by atoms with van der Waals surface area (Å²) in [6.45, 7) is 1.89. The van der Waals surface area contributed by atoms with E-state index in [-0.39, 0.29) is 16.3 Å². The molecule has 3 fully saturated rings. The molecule has 3 aliphatic rings. The Morgan fingerprint density at radius 2 is 1.69 bits per heavy atom. The maximum Gasteiger partial charge on any atom is 0.311 e. The highest BCUT2D eigenvalue weighted by Gasteiger charge is 2.53. The molecular weight excluding hydrogens is 608 g/mol. The van der Waals surface area contributed by atoms with Crippen molar-refractivity contribution in [3.63, 3.8) is 0 Å². The molecule has 0 spiro atoms. The molecule has 2 heterocycles. The predicted molar refractivity (Wildman–Crippen MR) is 173 cm³/mol. The highest BCUT2D eigenvalue weighted by molar-refractivity contribution is 7.90. The Balaban J connectivity index is 1.49. The van der Waals surface area contributed by atoms with Crippen LogP contribution >= 0.6 is 11.3 Å². The summed E-state index contributed by atoms with van der Waals surface area (Å²) in [7, 11) is -2.72. The smallest absolute Gasteiger partial charge is 0.311 e. The summed E-state index contributed by atoms with van der Waals surface area (Å²) in [6.07, 6.45) is 4.73. The number of hydrogen-bond acceptors (Lipinski definition) is 6. The van der Waals surface area contributed by atoms with Gasteiger partial charge in [0, 0.05) is 22.1 Å². The van der Waals surface area contributed by atoms with E-state index in [2.05, 4.69) is 18.2 Å². The van der Waals surface area contributed by atoms with Crippen molar-refractivity contribution in [1.82, 2.24) is 3.97 Å². The van der Waals surface area contributed by atoms with Crippen molar-refractivity contribution in [2.45, 2.75) is 55.8 Å². The first-order valence-corrected chi connectivity index (χ1v) is 17.3. The Kier molecular flexibility index (Phi) is 6.99. The molecule has 2 bridgehead atoms. The van der Waals surface area contributed by atoms with E-state index in [9.17, 15) is 22.9 Å². The molecule has 5 aromatic rings. The second kappa shape index (κ2) is 10.7. The van der Waals surface area contributed by atoms with Crippen LogP contribution in [0.25, 0.3) is 33.3 Å². The van der Waals surface area contributed by atoms with E-state index in [0.717, 1.165) is 49.7 Å². The average molecular weight is 639 g/mol. The van der Waals surface area contributed by atoms with E-state index in [4.69, 9.17) is 4.74 Å². The number of rotatable bonds is 6. The van der Waals surface area contributed by atoms with Gasteiger partial charge in [-0.1, -0.05) is 35.9 Å². The largest absolute Gasteiger partial charge is 0.469 e. The number of nitriles is 1. The van der Waals surface area contributed by atoms with Gasteiger partial charge < -0.3 is 4.74 Å². The number of ether oxygens (including phenoxy) is 1. The molecule has 0 amide bonds. The van der Waals surface area contributed by atoms with Crippen molar-refractivity contribution in [3.8, 4) is 28.5 Å². The van der Waals surface area contributed by atoms with Crippen LogP contribution in [0.15, 0.2) is 83.1 Å². The van der Waals surface area contributed by atoms with E-state index in [1.807, 2.05) is 19.1 Å². The lowest BCUT2D eigenvalue weighted by Gasteiger charge is -2.52. The fourth-order valence-electron chi connectivity index (χ4n) is 7.57. The topological polar surface area (TPSA) is 89.2 Å². The molecule has 228 valence electrons. The van der Waals surface area contributed by atoms with Crippen LogP contribution in [0.3, 0.4) is 0 Å². The number of benzene rings is 3. The predicted octanol–water partition coefficient (Wildman–Crippen LogP) is 8.36. The zero-order valence-corrected chi connectivity index (χ0v) is 26.6. The average Bonchev–Trinajstić information content (AvgIpc) is 3.67. The van der Waals surface area contributed by atoms with E-state index >= 15 is 0 Å². The van der Waals surface area contributed by atoms with Gasteiger partial charge in [-0.2, -0.15) is 5.26 Å². The van der Waals surface area contributed by atoms with Crippen molar-refractivity contribution in [2.75, 3.05) is 7.11 Å². The van der Waals surface area contributed by atoms with Gasteiger partial charge in [0.15, 0.2) is 0 Å². The first kappa shape index (κ1) is 29.5. The third kappa shape index (κ3) is 4.53. The molecule has 45 heavy (non-hydrogen) atoms. The minimum atomic E-state index is -4.17. The van der Waals surface area contributed by atoms with Crippen LogP contribution in [0.4, 0.5) is 4.39 Å². The number of esters is 1. The quantitative estimate of drug-likeness (QED) is 0.174. The summed E-state index contributed by atoms with van der Waals surface area (Å²) in [5.41, 5.74) is 3.89. The van der Waals surface area contributed by atoms with Gasteiger partial charge >= 0.3 is 5.97 Å². The second-order valence-electron chi connectivity index (χ2n) is 12.4. The number of nitrogens with zero attached hydrogens (tertiary/aromatic N) is 2. The molecule has 3 aromatic carbocycles. The Labute approximate surface area is 265 Å². The Bertz CT molecular complexity index is 2110. The van der Waals surface area contributed by atoms with Crippen LogP contribution in [0, 0.1) is 29.5 Å². The standard InChI is InChI=1S/C36H31FN2O4S2/c1-23-6-9-27(10-7-23)45(41,42)39-30-11-8-26(37)21-29(30)32(28-12-19-44-31(28)22-38)33(39)24-4-3-5-25(20-24)35-13-16-36(17-14-35,18-15-35)34(40)43-2/h3-12,19-21H,13-18H2,1-2H3. The van der Waals surface area contributed by atoms with Gasteiger partial charge in [0.1, 0.15) is 16.8 Å². The van der Waals surface area contributed by atoms with Crippen molar-refractivity contribution in [3.05, 3.63) is 100.0 Å². The zero-order valence-electron chi connectivity index (χ0n) is 25.0. The van der Waals surface area contributed by atoms with Crippen LogP contribution in [0.1, 0.15) is 54.5 Å². The number of hydrogen-bond donors (Lipinski definition) is 0. The van der Waals surface area contributed by atoms with Gasteiger partial charge in [-0.15, -0.1) is 11.3 Å². The second-order valence-corrected chi connectivity index (χ2v) is 15.1. The fraction of sp³-hybridized carbons (Fsp3) is 0.278. The normalized spacial score (nSPS) is 21.1. The molecule has 2 aromatic heterocycles. The van der Waals surface area contributed by atoms with Crippen LogP contribution in [0.5, 0.6) is 0 Å². The summed E-state index contributed by atoms with van der Waals surface area (Å²) in [4.78, 5) is 13.2. The van der Waals surface area contributed by atoms with Gasteiger partial charge in [0.25, 0.3) is 10.0 Å². The molecule has 0 saturated heterocycles. The Morgan fingerprint density at radius 3 is 2.36 bits per heavy atom. The Morgan fingerprint density at radius 1 is 0.978 bits per heavy atom. The number of fused-ring (bicyclic) bond motifs is 4.